The summed E-state index contributed by atoms with van der Waals surface area (Å²) in [5.41, 5.74) is -0.996. The predicted octanol–water partition coefficient (Wildman–Crippen LogP) is 7.21. The standard InChI is InChI=1S/C28H35BrO5Se/c1-2-3-4-5-6-7-8-12-17-33-26(30)21-18-19-13-14-20-22(29)25(28(32)15-10-9-11-16-28)35-24(20)23(19)34-27(21)31/h13-14,18,32H,2-12,15-17H2,1H3. The summed E-state index contributed by atoms with van der Waals surface area (Å²) in [5, 5.41) is 13.0. The molecule has 1 fully saturated rings. The third-order valence-electron chi connectivity index (χ3n) is 7.05. The monoisotopic (exact) mass is 610 g/mol. The van der Waals surface area contributed by atoms with Gasteiger partial charge in [0, 0.05) is 0 Å². The molecular formula is C28H35BrO5Se. The minimum absolute atomic E-state index is 0.0549. The Bertz CT molecular complexity index is 1220. The molecule has 1 aliphatic carbocycles. The van der Waals surface area contributed by atoms with Crippen LogP contribution in [-0.4, -0.2) is 32.2 Å². The topological polar surface area (TPSA) is 76.7 Å². The fourth-order valence-electron chi connectivity index (χ4n) is 4.99. The summed E-state index contributed by atoms with van der Waals surface area (Å²) in [7, 11) is 0. The molecule has 7 heteroatoms. The van der Waals surface area contributed by atoms with Gasteiger partial charge in [-0.2, -0.15) is 0 Å². The number of ether oxygens (including phenoxy) is 1. The molecule has 1 N–H and O–H groups in total. The number of unbranched alkanes of at least 4 members (excludes halogenated alkanes) is 7. The molecule has 190 valence electrons. The van der Waals surface area contributed by atoms with Crippen LogP contribution in [0.15, 0.2) is 31.9 Å². The van der Waals surface area contributed by atoms with E-state index in [1.54, 1.807) is 6.07 Å². The first-order valence-electron chi connectivity index (χ1n) is 13.0. The van der Waals surface area contributed by atoms with E-state index in [1.165, 1.54) is 32.1 Å². The first-order valence-corrected chi connectivity index (χ1v) is 15.5. The van der Waals surface area contributed by atoms with Gasteiger partial charge in [-0.3, -0.25) is 0 Å². The third kappa shape index (κ3) is 6.12. The quantitative estimate of drug-likeness (QED) is 0.107. The molecule has 1 aliphatic rings. The van der Waals surface area contributed by atoms with Crippen LogP contribution in [0, 0.1) is 0 Å². The van der Waals surface area contributed by atoms with Gasteiger partial charge in [0.15, 0.2) is 0 Å². The Morgan fingerprint density at radius 1 is 1.09 bits per heavy atom. The Kier molecular flexibility index (Phi) is 9.31. The molecule has 1 aromatic carbocycles. The van der Waals surface area contributed by atoms with Crippen molar-refractivity contribution in [1.82, 2.24) is 0 Å². The average Bonchev–Trinajstić information content (AvgIpc) is 3.20. The second kappa shape index (κ2) is 12.2. The zero-order valence-corrected chi connectivity index (χ0v) is 23.8. The molecule has 0 bridgehead atoms. The summed E-state index contributed by atoms with van der Waals surface area (Å²) in [6.07, 6.45) is 14.0. The van der Waals surface area contributed by atoms with E-state index in [2.05, 4.69) is 22.9 Å². The van der Waals surface area contributed by atoms with E-state index < -0.39 is 17.2 Å². The van der Waals surface area contributed by atoms with Gasteiger partial charge in [0.05, 0.1) is 0 Å². The van der Waals surface area contributed by atoms with Gasteiger partial charge in [0.2, 0.25) is 0 Å². The summed E-state index contributed by atoms with van der Waals surface area (Å²) in [4.78, 5) is 25.3. The molecule has 0 amide bonds. The van der Waals surface area contributed by atoms with Crippen LogP contribution in [0.2, 0.25) is 0 Å². The van der Waals surface area contributed by atoms with Crippen LogP contribution in [0.5, 0.6) is 0 Å². The molecule has 4 rings (SSSR count). The van der Waals surface area contributed by atoms with E-state index in [0.29, 0.717) is 17.6 Å². The number of carbonyl (C=O) groups excluding carboxylic acids is 1. The van der Waals surface area contributed by atoms with E-state index in [0.717, 1.165) is 69.9 Å². The van der Waals surface area contributed by atoms with Gasteiger partial charge in [-0.1, -0.05) is 32.6 Å². The molecule has 0 radical (unpaired) electrons. The molecule has 0 saturated heterocycles. The first-order chi connectivity index (χ1) is 16.9. The fourth-order valence-corrected chi connectivity index (χ4v) is 9.19. The van der Waals surface area contributed by atoms with Crippen LogP contribution in [0.4, 0.5) is 0 Å². The van der Waals surface area contributed by atoms with Crippen molar-refractivity contribution in [2.45, 2.75) is 96.0 Å². The molecule has 1 saturated carbocycles. The van der Waals surface area contributed by atoms with E-state index in [-0.39, 0.29) is 20.1 Å². The molecule has 35 heavy (non-hydrogen) atoms. The van der Waals surface area contributed by atoms with Crippen LogP contribution in [-0.2, 0) is 10.3 Å². The fraction of sp³-hybridized carbons (Fsp3) is 0.571. The van der Waals surface area contributed by atoms with Gasteiger partial charge in [0.25, 0.3) is 0 Å². The number of rotatable bonds is 11. The van der Waals surface area contributed by atoms with Gasteiger partial charge in [-0.15, -0.1) is 0 Å². The Labute approximate surface area is 221 Å². The van der Waals surface area contributed by atoms with Crippen molar-refractivity contribution in [3.05, 3.63) is 43.1 Å². The van der Waals surface area contributed by atoms with Gasteiger partial charge >= 0.3 is 189 Å². The maximum absolute atomic E-state index is 12.7. The third-order valence-corrected chi connectivity index (χ3v) is 11.4. The predicted molar refractivity (Wildman–Crippen MR) is 145 cm³/mol. The zero-order chi connectivity index (χ0) is 24.8. The van der Waals surface area contributed by atoms with E-state index in [9.17, 15) is 14.7 Å². The second-order valence-electron chi connectivity index (χ2n) is 9.76. The van der Waals surface area contributed by atoms with Crippen molar-refractivity contribution in [3.63, 3.8) is 0 Å². The van der Waals surface area contributed by atoms with Gasteiger partial charge in [-0.25, -0.2) is 0 Å². The van der Waals surface area contributed by atoms with Gasteiger partial charge < -0.3 is 0 Å². The van der Waals surface area contributed by atoms with Crippen LogP contribution < -0.4 is 5.63 Å². The second-order valence-corrected chi connectivity index (χ2v) is 12.7. The number of aliphatic hydroxyl groups is 1. The van der Waals surface area contributed by atoms with Crippen LogP contribution in [0.3, 0.4) is 0 Å². The Hall–Kier alpha value is -1.40. The molecule has 3 aromatic rings. The molecule has 2 aromatic heterocycles. The van der Waals surface area contributed by atoms with Crippen LogP contribution in [0.1, 0.15) is 105 Å². The summed E-state index contributed by atoms with van der Waals surface area (Å²) in [5.74, 6) is -0.619. The number of benzene rings is 1. The molecule has 0 unspecified atom stereocenters. The summed E-state index contributed by atoms with van der Waals surface area (Å²) >= 11 is 3.56. The minimum atomic E-state index is -0.790. The number of hydrogen-bond donors (Lipinski definition) is 1. The molecule has 0 atom stereocenters. The molecule has 5 nitrogen and oxygen atoms in total. The summed E-state index contributed by atoms with van der Waals surface area (Å²) in [6, 6.07) is 5.45. The first kappa shape index (κ1) is 26.7. The number of esters is 1. The van der Waals surface area contributed by atoms with Crippen molar-refractivity contribution in [2.75, 3.05) is 6.61 Å². The Morgan fingerprint density at radius 3 is 2.49 bits per heavy atom. The van der Waals surface area contributed by atoms with Crippen molar-refractivity contribution >= 4 is 57.0 Å². The number of carbonyl (C=O) groups is 1. The Balaban J connectivity index is 1.45. The maximum atomic E-state index is 12.7. The Morgan fingerprint density at radius 2 is 1.77 bits per heavy atom. The van der Waals surface area contributed by atoms with E-state index in [1.807, 2.05) is 12.1 Å². The zero-order valence-electron chi connectivity index (χ0n) is 20.5. The van der Waals surface area contributed by atoms with E-state index in [4.69, 9.17) is 9.15 Å². The number of halogens is 1. The summed E-state index contributed by atoms with van der Waals surface area (Å²) < 4.78 is 14.0. The van der Waals surface area contributed by atoms with Crippen LogP contribution in [0.25, 0.3) is 20.6 Å². The van der Waals surface area contributed by atoms with Gasteiger partial charge in [0.1, 0.15) is 0 Å². The van der Waals surface area contributed by atoms with Gasteiger partial charge in [-0.05, 0) is 0 Å². The average molecular weight is 610 g/mol. The number of fused-ring (bicyclic) bond motifs is 3. The SMILES string of the molecule is CCCCCCCCCCOC(=O)c1cc2ccc3c(Br)c(C4(O)CCCCC4)[se]c3c2oc1=O. The summed E-state index contributed by atoms with van der Waals surface area (Å²) in [6.45, 7) is 2.53. The molecular weight excluding hydrogens is 575 g/mol. The molecule has 0 aliphatic heterocycles. The van der Waals surface area contributed by atoms with Crippen molar-refractivity contribution < 1.29 is 19.1 Å². The number of hydrogen-bond acceptors (Lipinski definition) is 5. The van der Waals surface area contributed by atoms with Crippen molar-refractivity contribution in [2.24, 2.45) is 0 Å². The molecule has 0 spiro atoms. The molecule has 2 heterocycles. The van der Waals surface area contributed by atoms with Crippen LogP contribution >= 0.6 is 15.9 Å². The van der Waals surface area contributed by atoms with Crippen molar-refractivity contribution in [1.29, 1.82) is 0 Å². The normalized spacial score (nSPS) is 15.6. The van der Waals surface area contributed by atoms with E-state index >= 15 is 0 Å². The van der Waals surface area contributed by atoms with Crippen molar-refractivity contribution in [3.8, 4) is 0 Å².